The van der Waals surface area contributed by atoms with E-state index in [0.717, 1.165) is 6.92 Å². The second-order valence-corrected chi connectivity index (χ2v) is 9.37. The second kappa shape index (κ2) is 10.2. The highest BCUT2D eigenvalue weighted by Crippen LogP contribution is 2.37. The third kappa shape index (κ3) is 5.98. The first-order chi connectivity index (χ1) is 15.6. The van der Waals surface area contributed by atoms with Gasteiger partial charge in [0.15, 0.2) is 0 Å². The maximum atomic E-state index is 12.4. The van der Waals surface area contributed by atoms with Crippen LogP contribution < -0.4 is 15.4 Å². The van der Waals surface area contributed by atoms with Gasteiger partial charge in [-0.3, -0.25) is 14.8 Å². The summed E-state index contributed by atoms with van der Waals surface area (Å²) < 4.78 is 25.8. The fourth-order valence-electron chi connectivity index (χ4n) is 2.94. The zero-order valence-electron chi connectivity index (χ0n) is 17.5. The number of rotatable bonds is 6. The van der Waals surface area contributed by atoms with E-state index in [9.17, 15) is 18.0 Å². The van der Waals surface area contributed by atoms with Crippen molar-refractivity contribution in [1.29, 1.82) is 0 Å². The summed E-state index contributed by atoms with van der Waals surface area (Å²) in [5, 5.41) is 5.92. The van der Waals surface area contributed by atoms with Crippen molar-refractivity contribution < 1.29 is 18.0 Å². The van der Waals surface area contributed by atoms with Crippen LogP contribution >= 0.6 is 23.2 Å². The molecule has 1 aromatic heterocycles. The molecule has 0 aliphatic carbocycles. The lowest BCUT2D eigenvalue weighted by atomic mass is 10.0. The first kappa shape index (κ1) is 24.4. The fraction of sp³-hybridized carbons (Fsp3) is 0.143. The summed E-state index contributed by atoms with van der Waals surface area (Å²) in [7, 11) is -3.96. The van der Waals surface area contributed by atoms with Crippen LogP contribution in [0.4, 0.5) is 10.5 Å². The number of carbonyl (C=O) groups is 2. The minimum atomic E-state index is -3.96. The molecule has 0 aliphatic heterocycles. The molecule has 1 atom stereocenters. The number of sulfonamides is 1. The molecule has 172 valence electrons. The van der Waals surface area contributed by atoms with Crippen molar-refractivity contribution >= 4 is 50.9 Å². The van der Waals surface area contributed by atoms with Gasteiger partial charge in [0.25, 0.3) is 10.0 Å². The van der Waals surface area contributed by atoms with Gasteiger partial charge in [0.2, 0.25) is 5.91 Å². The molecule has 0 aliphatic rings. The lowest BCUT2D eigenvalue weighted by molar-refractivity contribution is -0.117. The molecule has 3 aromatic rings. The van der Waals surface area contributed by atoms with Gasteiger partial charge in [0.05, 0.1) is 32.9 Å². The van der Waals surface area contributed by atoms with Crippen LogP contribution in [0.25, 0.3) is 11.3 Å². The highest BCUT2D eigenvalue weighted by molar-refractivity contribution is 7.90. The molecule has 0 fully saturated rings. The van der Waals surface area contributed by atoms with Crippen molar-refractivity contribution in [2.24, 2.45) is 0 Å². The maximum absolute atomic E-state index is 12.4. The Morgan fingerprint density at radius 3 is 2.30 bits per heavy atom. The molecule has 0 unspecified atom stereocenters. The monoisotopic (exact) mass is 507 g/mol. The quantitative estimate of drug-likeness (QED) is 0.459. The molecule has 0 saturated heterocycles. The van der Waals surface area contributed by atoms with Crippen LogP contribution in [-0.2, 0) is 14.8 Å². The third-order valence-corrected chi connectivity index (χ3v) is 6.81. The van der Waals surface area contributed by atoms with Gasteiger partial charge < -0.3 is 10.6 Å². The van der Waals surface area contributed by atoms with E-state index in [-0.39, 0.29) is 9.92 Å². The van der Waals surface area contributed by atoms with Crippen LogP contribution in [0.5, 0.6) is 0 Å². The largest absolute Gasteiger partial charge is 0.331 e. The standard InChI is InChI=1S/C21H19Cl2N5O4S/c1-12(16-7-8-17(20(23)19(16)22)18-11-24-9-10-25-18)26-21(30)27-14-3-5-15(6-4-14)33(31,32)28-13(2)29/h3-12H,1-2H3,(H,28,29)(H2,26,27,30)/t12-/m0/s1. The molecule has 33 heavy (non-hydrogen) atoms. The number of hydrogen-bond acceptors (Lipinski definition) is 6. The van der Waals surface area contributed by atoms with Crippen LogP contribution in [0.3, 0.4) is 0 Å². The minimum absolute atomic E-state index is 0.110. The fourth-order valence-corrected chi connectivity index (χ4v) is 4.53. The molecule has 0 saturated carbocycles. The van der Waals surface area contributed by atoms with Gasteiger partial charge in [-0.1, -0.05) is 35.3 Å². The Kier molecular flexibility index (Phi) is 7.52. The number of halogens is 2. The molecule has 0 bridgehead atoms. The van der Waals surface area contributed by atoms with E-state index in [1.54, 1.807) is 37.6 Å². The minimum Gasteiger partial charge on any atom is -0.331 e. The number of carbonyl (C=O) groups excluding carboxylic acids is 2. The molecular formula is C21H19Cl2N5O4S. The average molecular weight is 508 g/mol. The summed E-state index contributed by atoms with van der Waals surface area (Å²) in [6.07, 6.45) is 4.66. The number of anilines is 1. The van der Waals surface area contributed by atoms with E-state index in [4.69, 9.17) is 23.2 Å². The molecule has 3 N–H and O–H groups in total. The molecule has 0 radical (unpaired) electrons. The zero-order valence-corrected chi connectivity index (χ0v) is 19.8. The van der Waals surface area contributed by atoms with E-state index in [0.29, 0.717) is 27.5 Å². The zero-order chi connectivity index (χ0) is 24.2. The van der Waals surface area contributed by atoms with Gasteiger partial charge in [0, 0.05) is 30.6 Å². The second-order valence-electron chi connectivity index (χ2n) is 6.93. The Hall–Kier alpha value is -3.21. The van der Waals surface area contributed by atoms with Crippen LogP contribution in [-0.4, -0.2) is 30.3 Å². The number of nitrogens with zero attached hydrogens (tertiary/aromatic N) is 2. The van der Waals surface area contributed by atoms with Gasteiger partial charge in [-0.2, -0.15) is 0 Å². The summed E-state index contributed by atoms with van der Waals surface area (Å²) in [6.45, 7) is 2.84. The summed E-state index contributed by atoms with van der Waals surface area (Å²) in [4.78, 5) is 31.6. The lowest BCUT2D eigenvalue weighted by Gasteiger charge is -2.18. The van der Waals surface area contributed by atoms with Crippen LogP contribution in [0, 0.1) is 0 Å². The number of urea groups is 1. The SMILES string of the molecule is CC(=O)NS(=O)(=O)c1ccc(NC(=O)N[C@@H](C)c2ccc(-c3cnccn3)c(Cl)c2Cl)cc1. The van der Waals surface area contributed by atoms with Gasteiger partial charge >= 0.3 is 6.03 Å². The lowest BCUT2D eigenvalue weighted by Crippen LogP contribution is -2.31. The molecule has 9 nitrogen and oxygen atoms in total. The predicted molar refractivity (Wildman–Crippen MR) is 126 cm³/mol. The number of nitrogens with one attached hydrogen (secondary N) is 3. The Morgan fingerprint density at radius 2 is 1.70 bits per heavy atom. The topological polar surface area (TPSA) is 130 Å². The van der Waals surface area contributed by atoms with Crippen LogP contribution in [0.2, 0.25) is 10.0 Å². The number of hydrogen-bond donors (Lipinski definition) is 3. The van der Waals surface area contributed by atoms with Crippen molar-refractivity contribution in [3.8, 4) is 11.3 Å². The van der Waals surface area contributed by atoms with Crippen molar-refractivity contribution in [2.45, 2.75) is 24.8 Å². The Labute approximate surface area is 200 Å². The summed E-state index contributed by atoms with van der Waals surface area (Å²) >= 11 is 12.9. The van der Waals surface area contributed by atoms with Gasteiger partial charge in [-0.25, -0.2) is 17.9 Å². The highest BCUT2D eigenvalue weighted by atomic mass is 35.5. The van der Waals surface area contributed by atoms with E-state index >= 15 is 0 Å². The van der Waals surface area contributed by atoms with Crippen molar-refractivity contribution in [1.82, 2.24) is 20.0 Å². The van der Waals surface area contributed by atoms with E-state index in [1.165, 1.54) is 24.3 Å². The Bertz CT molecular complexity index is 1290. The molecule has 12 heteroatoms. The van der Waals surface area contributed by atoms with Gasteiger partial charge in [0.1, 0.15) is 0 Å². The molecule has 1 heterocycles. The molecule has 2 aromatic carbocycles. The van der Waals surface area contributed by atoms with Gasteiger partial charge in [-0.15, -0.1) is 0 Å². The van der Waals surface area contributed by atoms with Crippen molar-refractivity contribution in [3.05, 3.63) is 70.6 Å². The number of benzene rings is 2. The first-order valence-corrected chi connectivity index (χ1v) is 11.8. The maximum Gasteiger partial charge on any atom is 0.319 e. The number of aromatic nitrogens is 2. The summed E-state index contributed by atoms with van der Waals surface area (Å²) in [6, 6.07) is 7.80. The van der Waals surface area contributed by atoms with E-state index in [1.807, 2.05) is 4.72 Å². The molecular weight excluding hydrogens is 489 g/mol. The third-order valence-electron chi connectivity index (χ3n) is 4.47. The Morgan fingerprint density at radius 1 is 1.00 bits per heavy atom. The van der Waals surface area contributed by atoms with Crippen molar-refractivity contribution in [2.75, 3.05) is 5.32 Å². The van der Waals surface area contributed by atoms with Crippen LogP contribution in [0.1, 0.15) is 25.5 Å². The molecule has 3 amide bonds. The molecule has 0 spiro atoms. The normalized spacial score (nSPS) is 12.0. The van der Waals surface area contributed by atoms with E-state index in [2.05, 4.69) is 20.6 Å². The number of amides is 3. The predicted octanol–water partition coefficient (Wildman–Crippen LogP) is 4.16. The summed E-state index contributed by atoms with van der Waals surface area (Å²) in [5.41, 5.74) is 2.13. The average Bonchev–Trinajstić information content (AvgIpc) is 2.75. The Balaban J connectivity index is 1.69. The summed E-state index contributed by atoms with van der Waals surface area (Å²) in [5.74, 6) is -0.700. The molecule has 3 rings (SSSR count). The van der Waals surface area contributed by atoms with E-state index < -0.39 is 28.0 Å². The van der Waals surface area contributed by atoms with Crippen LogP contribution in [0.15, 0.2) is 59.9 Å². The van der Waals surface area contributed by atoms with Crippen molar-refractivity contribution in [3.63, 3.8) is 0 Å². The van der Waals surface area contributed by atoms with Gasteiger partial charge in [-0.05, 0) is 36.8 Å². The smallest absolute Gasteiger partial charge is 0.319 e. The highest BCUT2D eigenvalue weighted by Gasteiger charge is 2.19. The first-order valence-electron chi connectivity index (χ1n) is 9.53.